The third-order valence-corrected chi connectivity index (χ3v) is 6.22. The summed E-state index contributed by atoms with van der Waals surface area (Å²) in [5.41, 5.74) is 3.19. The average Bonchev–Trinajstić information content (AvgIpc) is 3.41. The number of rotatable bonds is 9. The van der Waals surface area contributed by atoms with Crippen LogP contribution < -0.4 is 20.1 Å². The van der Waals surface area contributed by atoms with Crippen LogP contribution >= 0.6 is 0 Å². The Morgan fingerprint density at radius 3 is 2.71 bits per heavy atom. The number of nitrogens with zero attached hydrogens (tertiary/aromatic N) is 1. The van der Waals surface area contributed by atoms with E-state index in [4.69, 9.17) is 9.47 Å². The number of urea groups is 1. The summed E-state index contributed by atoms with van der Waals surface area (Å²) in [5, 5.41) is 32.1. The molecule has 5 N–H and O–H groups in total. The van der Waals surface area contributed by atoms with Crippen molar-refractivity contribution in [2.75, 3.05) is 19.0 Å². The number of hydrogen-bond donors (Lipinski definition) is 5. The van der Waals surface area contributed by atoms with Gasteiger partial charge in [-0.25, -0.2) is 4.79 Å². The number of aromatic amines is 1. The molecule has 2 amide bonds. The van der Waals surface area contributed by atoms with E-state index in [-0.39, 0.29) is 18.8 Å². The van der Waals surface area contributed by atoms with E-state index in [0.29, 0.717) is 36.4 Å². The van der Waals surface area contributed by atoms with Gasteiger partial charge in [-0.05, 0) is 67.5 Å². The van der Waals surface area contributed by atoms with E-state index in [9.17, 15) is 15.0 Å². The van der Waals surface area contributed by atoms with Crippen LogP contribution in [0.1, 0.15) is 43.7 Å². The van der Waals surface area contributed by atoms with Crippen LogP contribution in [0.3, 0.4) is 0 Å². The van der Waals surface area contributed by atoms with Gasteiger partial charge in [0.15, 0.2) is 0 Å². The molecule has 1 aromatic heterocycles. The Kier molecular flexibility index (Phi) is 8.23. The Bertz CT molecular complexity index is 1100. The summed E-state index contributed by atoms with van der Waals surface area (Å²) in [4.78, 5) is 13.0. The first-order valence-corrected chi connectivity index (χ1v) is 11.9. The summed E-state index contributed by atoms with van der Waals surface area (Å²) in [6, 6.07) is 12.2. The van der Waals surface area contributed by atoms with Crippen LogP contribution in [0.5, 0.6) is 11.5 Å². The number of amides is 2. The lowest BCUT2D eigenvalue weighted by atomic mass is 9.95. The van der Waals surface area contributed by atoms with E-state index in [1.807, 2.05) is 42.5 Å². The number of anilines is 1. The van der Waals surface area contributed by atoms with E-state index in [0.717, 1.165) is 29.5 Å². The van der Waals surface area contributed by atoms with E-state index >= 15 is 0 Å². The molecule has 186 valence electrons. The van der Waals surface area contributed by atoms with Crippen molar-refractivity contribution in [3.63, 3.8) is 0 Å². The standard InChI is InChI=1S/C26H32N4O5/c1-34-22-4-2-3-18(13-22)23(11-12-31)29-26(33)30-24-10-5-17(19-15-27-28-16-19)14-25(24)35-21-8-6-20(32)7-9-21/h2-5,10,13-16,20-21,23,31-32H,6-9,11-12H2,1H3,(H,27,28)(H2,29,30,33). The van der Waals surface area contributed by atoms with Crippen LogP contribution in [0, 0.1) is 0 Å². The number of carbonyl (C=O) groups excluding carboxylic acids is 1. The highest BCUT2D eigenvalue weighted by molar-refractivity contribution is 5.92. The monoisotopic (exact) mass is 480 g/mol. The SMILES string of the molecule is COc1cccc(C(CCO)NC(=O)Nc2ccc(-c3cn[nH]c3)cc2OC2CCC(O)CC2)c1. The van der Waals surface area contributed by atoms with Crippen LogP contribution in [0.25, 0.3) is 11.1 Å². The molecule has 0 saturated heterocycles. The lowest BCUT2D eigenvalue weighted by molar-refractivity contribution is 0.0669. The van der Waals surface area contributed by atoms with E-state index in [2.05, 4.69) is 20.8 Å². The van der Waals surface area contributed by atoms with Gasteiger partial charge in [0.2, 0.25) is 0 Å². The van der Waals surface area contributed by atoms with Crippen LogP contribution in [-0.4, -0.2) is 52.4 Å². The van der Waals surface area contributed by atoms with Gasteiger partial charge in [0.05, 0.1) is 37.2 Å². The van der Waals surface area contributed by atoms with Gasteiger partial charge in [-0.3, -0.25) is 5.10 Å². The second-order valence-corrected chi connectivity index (χ2v) is 8.69. The highest BCUT2D eigenvalue weighted by Gasteiger charge is 2.23. The summed E-state index contributed by atoms with van der Waals surface area (Å²) in [7, 11) is 1.59. The zero-order valence-electron chi connectivity index (χ0n) is 19.7. The molecule has 2 aromatic carbocycles. The number of H-pyrrole nitrogens is 1. The molecule has 1 heterocycles. The number of carbonyl (C=O) groups is 1. The number of hydrogen-bond acceptors (Lipinski definition) is 6. The topological polar surface area (TPSA) is 129 Å². The molecule has 35 heavy (non-hydrogen) atoms. The molecule has 1 aliphatic rings. The molecule has 9 nitrogen and oxygen atoms in total. The van der Waals surface area contributed by atoms with Crippen LogP contribution in [-0.2, 0) is 0 Å². The first kappa shape index (κ1) is 24.6. The maximum Gasteiger partial charge on any atom is 0.319 e. The summed E-state index contributed by atoms with van der Waals surface area (Å²) in [6.07, 6.45) is 6.43. The number of benzene rings is 2. The predicted molar refractivity (Wildman–Crippen MR) is 133 cm³/mol. The van der Waals surface area contributed by atoms with Gasteiger partial charge in [-0.1, -0.05) is 18.2 Å². The molecule has 1 unspecified atom stereocenters. The lowest BCUT2D eigenvalue weighted by Crippen LogP contribution is -2.33. The van der Waals surface area contributed by atoms with Crippen LogP contribution in [0.2, 0.25) is 0 Å². The number of aliphatic hydroxyl groups excluding tert-OH is 2. The van der Waals surface area contributed by atoms with Crippen LogP contribution in [0.4, 0.5) is 10.5 Å². The number of methoxy groups -OCH3 is 1. The number of ether oxygens (including phenoxy) is 2. The molecule has 1 aliphatic carbocycles. The minimum atomic E-state index is -0.411. The smallest absolute Gasteiger partial charge is 0.319 e. The van der Waals surface area contributed by atoms with Gasteiger partial charge < -0.3 is 30.3 Å². The minimum Gasteiger partial charge on any atom is -0.497 e. The lowest BCUT2D eigenvalue weighted by Gasteiger charge is -2.27. The third kappa shape index (κ3) is 6.52. The molecule has 4 rings (SSSR count). The molecule has 1 fully saturated rings. The quantitative estimate of drug-likeness (QED) is 0.315. The summed E-state index contributed by atoms with van der Waals surface area (Å²) < 4.78 is 11.6. The maximum atomic E-state index is 13.0. The van der Waals surface area contributed by atoms with Crippen molar-refractivity contribution in [3.05, 3.63) is 60.4 Å². The van der Waals surface area contributed by atoms with E-state index in [1.54, 1.807) is 19.5 Å². The largest absolute Gasteiger partial charge is 0.497 e. The van der Waals surface area contributed by atoms with Crippen molar-refractivity contribution in [2.45, 2.75) is 50.4 Å². The molecular formula is C26H32N4O5. The first-order chi connectivity index (χ1) is 17.1. The van der Waals surface area contributed by atoms with Crippen molar-refractivity contribution < 1.29 is 24.5 Å². The Morgan fingerprint density at radius 2 is 2.00 bits per heavy atom. The molecular weight excluding hydrogens is 448 g/mol. The highest BCUT2D eigenvalue weighted by Crippen LogP contribution is 2.34. The fraction of sp³-hybridized carbons (Fsp3) is 0.385. The molecule has 0 spiro atoms. The molecule has 1 saturated carbocycles. The highest BCUT2D eigenvalue weighted by atomic mass is 16.5. The van der Waals surface area contributed by atoms with E-state index < -0.39 is 12.1 Å². The summed E-state index contributed by atoms with van der Waals surface area (Å²) >= 11 is 0. The minimum absolute atomic E-state index is 0.0412. The molecule has 9 heteroatoms. The fourth-order valence-corrected chi connectivity index (χ4v) is 4.28. The molecule has 3 aromatic rings. The van der Waals surface area contributed by atoms with Gasteiger partial charge in [0.25, 0.3) is 0 Å². The van der Waals surface area contributed by atoms with E-state index in [1.165, 1.54) is 0 Å². The van der Waals surface area contributed by atoms with Gasteiger partial charge >= 0.3 is 6.03 Å². The van der Waals surface area contributed by atoms with Gasteiger partial charge in [-0.2, -0.15) is 5.10 Å². The van der Waals surface area contributed by atoms with Crippen molar-refractivity contribution in [2.24, 2.45) is 0 Å². The maximum absolute atomic E-state index is 13.0. The first-order valence-electron chi connectivity index (χ1n) is 11.9. The average molecular weight is 481 g/mol. The summed E-state index contributed by atoms with van der Waals surface area (Å²) in [5.74, 6) is 1.23. The molecule has 1 atom stereocenters. The Balaban J connectivity index is 1.52. The molecule has 0 bridgehead atoms. The molecule has 0 aliphatic heterocycles. The van der Waals surface area contributed by atoms with Gasteiger partial charge in [-0.15, -0.1) is 0 Å². The normalized spacial score (nSPS) is 18.5. The molecule has 0 radical (unpaired) electrons. The van der Waals surface area contributed by atoms with Crippen molar-refractivity contribution in [3.8, 4) is 22.6 Å². The Labute approximate surface area is 204 Å². The Morgan fingerprint density at radius 1 is 1.17 bits per heavy atom. The van der Waals surface area contributed by atoms with Crippen molar-refractivity contribution in [1.29, 1.82) is 0 Å². The van der Waals surface area contributed by atoms with Gasteiger partial charge in [0.1, 0.15) is 11.5 Å². The third-order valence-electron chi connectivity index (χ3n) is 6.22. The van der Waals surface area contributed by atoms with Crippen LogP contribution in [0.15, 0.2) is 54.9 Å². The number of nitrogens with one attached hydrogen (secondary N) is 3. The fourth-order valence-electron chi connectivity index (χ4n) is 4.28. The van der Waals surface area contributed by atoms with Crippen molar-refractivity contribution >= 4 is 11.7 Å². The second-order valence-electron chi connectivity index (χ2n) is 8.69. The second kappa shape index (κ2) is 11.7. The number of aliphatic hydroxyl groups is 2. The van der Waals surface area contributed by atoms with Crippen molar-refractivity contribution in [1.82, 2.24) is 15.5 Å². The zero-order chi connectivity index (χ0) is 24.6. The summed E-state index contributed by atoms with van der Waals surface area (Å²) in [6.45, 7) is -0.0799. The Hall–Kier alpha value is -3.56. The van der Waals surface area contributed by atoms with Gasteiger partial charge in [0, 0.05) is 18.4 Å². The number of aromatic nitrogens is 2. The zero-order valence-corrected chi connectivity index (χ0v) is 19.7. The predicted octanol–water partition coefficient (Wildman–Crippen LogP) is 4.01.